The predicted molar refractivity (Wildman–Crippen MR) is 533 cm³/mol. The second-order valence-electron chi connectivity index (χ2n) is 31.4. The fraction of sp³-hybridized carbons (Fsp3) is 0. The van der Waals surface area contributed by atoms with Crippen molar-refractivity contribution in [3.63, 3.8) is 0 Å². The second kappa shape index (κ2) is 36.2. The number of nitriles is 4. The van der Waals surface area contributed by atoms with Crippen LogP contribution >= 0.6 is 0 Å². The Morgan fingerprint density at radius 3 is 0.803 bits per heavy atom. The number of hydrogen-bond acceptors (Lipinski definition) is 12. The first kappa shape index (κ1) is 81.1. The molecule has 3 heterocycles. The lowest BCUT2D eigenvalue weighted by molar-refractivity contribution is 1.18. The third-order valence-electron chi connectivity index (χ3n) is 23.7. The molecule has 14 heteroatoms. The predicted octanol–water partition coefficient (Wildman–Crippen LogP) is 30.4. The first-order chi connectivity index (χ1) is 65.2. The fourth-order valence-electron chi connectivity index (χ4n) is 17.3. The summed E-state index contributed by atoms with van der Waals surface area (Å²) < 4.78 is 0. The Morgan fingerprint density at radius 1 is 0.197 bits per heavy atom. The zero-order valence-electron chi connectivity index (χ0n) is 70.7. The van der Waals surface area contributed by atoms with Crippen molar-refractivity contribution in [1.29, 1.82) is 21.0 Å². The van der Waals surface area contributed by atoms with Gasteiger partial charge >= 0.3 is 11.6 Å². The van der Waals surface area contributed by atoms with Gasteiger partial charge in [0.1, 0.15) is 46.3 Å². The van der Waals surface area contributed by atoms with Crippen molar-refractivity contribution >= 4 is 122 Å². The molecule has 0 radical (unpaired) electrons. The number of rotatable bonds is 14. The summed E-state index contributed by atoms with van der Waals surface area (Å²) >= 11 is 0. The van der Waals surface area contributed by atoms with Crippen molar-refractivity contribution in [2.45, 2.75) is 0 Å². The maximum atomic E-state index is 9.30. The minimum Gasteiger partial charge on any atom is -0.358 e. The summed E-state index contributed by atoms with van der Waals surface area (Å²) in [5, 5.41) is 47.4. The molecule has 0 spiro atoms. The first-order valence-electron chi connectivity index (χ1n) is 42.7. The van der Waals surface area contributed by atoms with Crippen LogP contribution in [-0.4, -0.2) is 29.9 Å². The van der Waals surface area contributed by atoms with Crippen LogP contribution in [0.5, 0.6) is 0 Å². The van der Waals surface area contributed by atoms with Crippen LogP contribution in [0.15, 0.2) is 425 Å². The summed E-state index contributed by atoms with van der Waals surface area (Å²) in [6, 6.07) is 160. The average molecular weight is 1680 g/mol. The monoisotopic (exact) mass is 1680 g/mol. The van der Waals surface area contributed by atoms with Crippen molar-refractivity contribution in [2.75, 3.05) is 9.80 Å². The summed E-state index contributed by atoms with van der Waals surface area (Å²) in [6.45, 7) is 14.5. The molecule has 0 aliphatic carbocycles. The molecule has 0 saturated heterocycles. The lowest BCUT2D eigenvalue weighted by atomic mass is 9.84. The second-order valence-corrected chi connectivity index (χ2v) is 31.4. The van der Waals surface area contributed by atoms with Crippen LogP contribution in [0.3, 0.4) is 0 Å². The van der Waals surface area contributed by atoms with Crippen molar-refractivity contribution in [2.24, 2.45) is 0 Å². The maximum absolute atomic E-state index is 9.30. The van der Waals surface area contributed by atoms with Crippen LogP contribution < -0.4 is 9.80 Å². The molecule has 0 atom stereocenters. The van der Waals surface area contributed by atoms with Crippen LogP contribution in [0.1, 0.15) is 22.8 Å². The van der Waals surface area contributed by atoms with E-state index in [2.05, 4.69) is 474 Å². The van der Waals surface area contributed by atoms with Gasteiger partial charge in [0.25, 0.3) is 0 Å². The number of para-hydroxylation sites is 1. The maximum Gasteiger partial charge on any atom is 0.307 e. The third-order valence-corrected chi connectivity index (χ3v) is 23.7. The first-order valence-corrected chi connectivity index (χ1v) is 42.7. The highest BCUT2D eigenvalue weighted by Gasteiger charge is 2.28. The van der Waals surface area contributed by atoms with Gasteiger partial charge in [0.15, 0.2) is 22.8 Å². The fourth-order valence-corrected chi connectivity index (χ4v) is 17.3. The summed E-state index contributed by atoms with van der Waals surface area (Å²) in [5.41, 5.74) is 25.0. The van der Waals surface area contributed by atoms with E-state index in [0.717, 1.165) is 45.3 Å². The van der Waals surface area contributed by atoms with Gasteiger partial charge in [-0.25, -0.2) is 19.9 Å². The van der Waals surface area contributed by atoms with Crippen LogP contribution in [0, 0.1) is 58.5 Å². The molecule has 0 N–H and O–H groups in total. The minimum absolute atomic E-state index is 0.00714. The minimum atomic E-state index is -0.303. The van der Waals surface area contributed by atoms with Crippen LogP contribution in [0.4, 0.5) is 45.8 Å². The van der Waals surface area contributed by atoms with Gasteiger partial charge in [0.05, 0.1) is 0 Å². The van der Waals surface area contributed by atoms with Gasteiger partial charge < -0.3 is 19.5 Å². The Balaban J connectivity index is 0.000000133. The molecule has 612 valence electrons. The topological polar surface area (TPSA) is 188 Å². The molecule has 132 heavy (non-hydrogen) atoms. The Hall–Kier alpha value is -19.2. The molecule has 0 aliphatic heterocycles. The molecule has 22 rings (SSSR count). The van der Waals surface area contributed by atoms with Crippen LogP contribution in [0.2, 0.25) is 0 Å². The molecule has 19 aromatic carbocycles. The van der Waals surface area contributed by atoms with Gasteiger partial charge in [-0.15, -0.1) is 9.97 Å². The summed E-state index contributed by atoms with van der Waals surface area (Å²) in [4.78, 5) is 35.8. The highest BCUT2D eigenvalue weighted by Crippen LogP contribution is 2.48. The van der Waals surface area contributed by atoms with Gasteiger partial charge in [-0.3, -0.25) is 0 Å². The largest absolute Gasteiger partial charge is 0.358 e. The Bertz CT molecular complexity index is 7950. The van der Waals surface area contributed by atoms with E-state index in [4.69, 9.17) is 13.1 Å². The molecule has 0 unspecified atom stereocenters. The lowest BCUT2D eigenvalue weighted by Crippen LogP contribution is -2.10. The van der Waals surface area contributed by atoms with Gasteiger partial charge in [0.2, 0.25) is 11.0 Å². The highest BCUT2D eigenvalue weighted by molar-refractivity contribution is 6.24. The molecule has 14 nitrogen and oxygen atoms in total. The van der Waals surface area contributed by atoms with Gasteiger partial charge in [-0.2, -0.15) is 21.0 Å². The summed E-state index contributed by atoms with van der Waals surface area (Å²) in [5.74, 6) is -0.605. The van der Waals surface area contributed by atoms with E-state index in [1.807, 2.05) is 0 Å². The SMILES string of the molecule is [C-]#[N+]c1nc2c(nc1C#N)c1nc(C#N)c(C#N)nc1c1nc(C#N)c([N+]#[C-])nc12.c1ccc(-c2ccc(-c3ccc(N(c4ccccc4)c4ccc(-c5ccc(N(c6ccc(-c7ccccc7)cc6)c6ccc(-c7ccccc7)cc6)cc5)cc4)cc3)cc2)cc1.c1ccc2cc(-c3ccc(-c4c5ccccc5c(-c5cccc6ccccc56)c5ccccc45)cc3)ccc2c1. The zero-order chi connectivity index (χ0) is 89.4. The van der Waals surface area contributed by atoms with Crippen molar-refractivity contribution in [3.8, 4) is 113 Å². The Labute approximate surface area is 761 Å². The van der Waals surface area contributed by atoms with E-state index >= 15 is 0 Å². The smallest absolute Gasteiger partial charge is 0.307 e. The molecule has 3 aromatic heterocycles. The van der Waals surface area contributed by atoms with Gasteiger partial charge in [-0.1, -0.05) is 359 Å². The molecule has 0 fully saturated rings. The van der Waals surface area contributed by atoms with Gasteiger partial charge in [-0.05, 0) is 211 Å². The number of nitrogens with zero attached hydrogens (tertiary/aromatic N) is 14. The van der Waals surface area contributed by atoms with E-state index in [0.29, 0.717) is 0 Å². The van der Waals surface area contributed by atoms with E-state index in [1.165, 1.54) is 121 Å². The zero-order valence-corrected chi connectivity index (χ0v) is 70.7. The third kappa shape index (κ3) is 15.9. The van der Waals surface area contributed by atoms with Crippen molar-refractivity contribution in [3.05, 3.63) is 470 Å². The number of anilines is 6. The molecule has 0 bridgehead atoms. The molecule has 0 saturated carbocycles. The summed E-state index contributed by atoms with van der Waals surface area (Å²) in [6.07, 6.45) is 0. The number of aromatic nitrogens is 6. The standard InChI is InChI=1S/C60H44N2.C40H26.C18N12/c1-5-13-45(14-6-1)48-21-23-49(24-22-48)52-29-39-56(40-30-52)61(55-19-11-4-12-20-55)57-41-31-53(32-42-57)54-33-43-60(44-34-54)62(58-35-25-50(26-36-58)46-15-7-2-8-16-46)59-37-27-51(28-38-59)47-17-9-3-10-18-47;1-2-12-31-26-32(25-22-27(31)10-1)28-20-23-30(24-21-28)39-35-15-5-7-17-37(35)40(38-18-8-6-16-36(38)39)34-19-9-13-29-11-3-4-14-33(29)34;1-23-17-9(5-21)27-13-11-12(26-8(4-20)7(3-19)25-11)14-16(15(13)29-17)30-18(24-2)10(6-22)28-14/h1-44H;1-26H;. The quantitative estimate of drug-likeness (QED) is 0.0570. The number of benzene rings is 19. The number of hydrogen-bond donors (Lipinski definition) is 0. The van der Waals surface area contributed by atoms with E-state index < -0.39 is 0 Å². The molecule has 22 aromatic rings. The van der Waals surface area contributed by atoms with Crippen molar-refractivity contribution in [1.82, 2.24) is 29.9 Å². The van der Waals surface area contributed by atoms with E-state index in [-0.39, 0.29) is 67.5 Å². The molecule has 0 amide bonds. The Morgan fingerprint density at radius 2 is 0.447 bits per heavy atom. The number of fused-ring (bicyclic) bond motifs is 10. The van der Waals surface area contributed by atoms with E-state index in [1.54, 1.807) is 24.3 Å². The summed E-state index contributed by atoms with van der Waals surface area (Å²) in [7, 11) is 0. The highest BCUT2D eigenvalue weighted by atomic mass is 15.1. The van der Waals surface area contributed by atoms with Crippen molar-refractivity contribution < 1.29 is 0 Å². The molecule has 0 aliphatic rings. The Kier molecular flexibility index (Phi) is 22.2. The lowest BCUT2D eigenvalue weighted by Gasteiger charge is -2.26. The molecular weight excluding hydrogens is 1610 g/mol. The normalized spacial score (nSPS) is 10.8. The van der Waals surface area contributed by atoms with Crippen LogP contribution in [-0.2, 0) is 0 Å². The molecular formula is C118H70N14. The van der Waals surface area contributed by atoms with Crippen LogP contribution in [0.25, 0.3) is 175 Å². The van der Waals surface area contributed by atoms with E-state index in [9.17, 15) is 21.0 Å². The van der Waals surface area contributed by atoms with Gasteiger partial charge in [0, 0.05) is 34.1 Å². The average Bonchev–Trinajstić information content (AvgIpc) is 0.735.